The van der Waals surface area contributed by atoms with Gasteiger partial charge in [-0.25, -0.2) is 17.9 Å². The summed E-state index contributed by atoms with van der Waals surface area (Å²) in [6.07, 6.45) is 5.03. The minimum Gasteiger partial charge on any atom is -0.475 e. The molecule has 0 aliphatic heterocycles. The van der Waals surface area contributed by atoms with Crippen LogP contribution in [0.3, 0.4) is 0 Å². The van der Waals surface area contributed by atoms with E-state index in [9.17, 15) is 13.2 Å². The third kappa shape index (κ3) is 2.65. The second kappa shape index (κ2) is 4.87. The van der Waals surface area contributed by atoms with E-state index in [-0.39, 0.29) is 15.6 Å². The van der Waals surface area contributed by atoms with Gasteiger partial charge in [0.15, 0.2) is 4.67 Å². The minimum absolute atomic E-state index is 0.113. The number of sulfonamides is 1. The van der Waals surface area contributed by atoms with Crippen molar-refractivity contribution in [2.45, 2.75) is 23.8 Å². The van der Waals surface area contributed by atoms with Crippen molar-refractivity contribution in [3.8, 4) is 0 Å². The Morgan fingerprint density at radius 3 is 2.56 bits per heavy atom. The summed E-state index contributed by atoms with van der Waals surface area (Å²) in [6, 6.07) is 0.794. The standard InChI is InChI=1S/C10H10BrNO5S/c11-9-8(5-7(17-9)10(13)14)18(15,16)12-6-3-1-2-4-6/h1-2,5-6,12H,3-4H2,(H,13,14). The number of carboxylic acids is 1. The monoisotopic (exact) mass is 335 g/mol. The molecule has 18 heavy (non-hydrogen) atoms. The zero-order valence-corrected chi connectivity index (χ0v) is 11.5. The minimum atomic E-state index is -3.78. The fourth-order valence-electron chi connectivity index (χ4n) is 1.64. The second-order valence-corrected chi connectivity index (χ2v) is 6.22. The first-order chi connectivity index (χ1) is 8.40. The Hall–Kier alpha value is -1.12. The molecule has 0 unspecified atom stereocenters. The lowest BCUT2D eigenvalue weighted by Crippen LogP contribution is -2.32. The molecule has 0 bridgehead atoms. The van der Waals surface area contributed by atoms with Gasteiger partial charge >= 0.3 is 5.97 Å². The number of aromatic carboxylic acids is 1. The van der Waals surface area contributed by atoms with E-state index in [2.05, 4.69) is 20.7 Å². The molecule has 2 rings (SSSR count). The fourth-order valence-corrected chi connectivity index (χ4v) is 3.84. The van der Waals surface area contributed by atoms with Gasteiger partial charge in [0.05, 0.1) is 0 Å². The first kappa shape index (κ1) is 13.3. The molecule has 1 aliphatic rings. The molecule has 1 aromatic rings. The van der Waals surface area contributed by atoms with E-state index < -0.39 is 21.8 Å². The summed E-state index contributed by atoms with van der Waals surface area (Å²) >= 11 is 2.91. The van der Waals surface area contributed by atoms with Crippen molar-refractivity contribution in [3.63, 3.8) is 0 Å². The number of carbonyl (C=O) groups is 1. The Bertz CT molecular complexity index is 596. The van der Waals surface area contributed by atoms with Crippen LogP contribution in [0.1, 0.15) is 23.4 Å². The van der Waals surface area contributed by atoms with Gasteiger partial charge in [-0.2, -0.15) is 0 Å². The maximum atomic E-state index is 12.0. The summed E-state index contributed by atoms with van der Waals surface area (Å²) in [7, 11) is -3.78. The van der Waals surface area contributed by atoms with Crippen LogP contribution in [0.5, 0.6) is 0 Å². The Morgan fingerprint density at radius 1 is 1.44 bits per heavy atom. The molecule has 0 saturated heterocycles. The molecule has 0 saturated carbocycles. The number of hydrogen-bond acceptors (Lipinski definition) is 4. The zero-order valence-electron chi connectivity index (χ0n) is 9.09. The molecule has 2 N–H and O–H groups in total. The van der Waals surface area contributed by atoms with Gasteiger partial charge < -0.3 is 9.52 Å². The largest absolute Gasteiger partial charge is 0.475 e. The molecule has 0 amide bonds. The lowest BCUT2D eigenvalue weighted by molar-refractivity contribution is 0.0661. The molecular formula is C10H10BrNO5S. The summed E-state index contributed by atoms with van der Waals surface area (Å²) in [5, 5.41) is 8.73. The average molecular weight is 336 g/mol. The van der Waals surface area contributed by atoms with Gasteiger partial charge in [-0.15, -0.1) is 0 Å². The highest BCUT2D eigenvalue weighted by Crippen LogP contribution is 2.27. The fraction of sp³-hybridized carbons (Fsp3) is 0.300. The summed E-state index contributed by atoms with van der Waals surface area (Å²) < 4.78 is 31.2. The number of nitrogens with one attached hydrogen (secondary N) is 1. The van der Waals surface area contributed by atoms with Crippen molar-refractivity contribution in [1.82, 2.24) is 4.72 Å². The predicted octanol–water partition coefficient (Wildman–Crippen LogP) is 1.74. The SMILES string of the molecule is O=C(O)c1cc(S(=O)(=O)NC2CC=CC2)c(Br)o1. The molecule has 6 nitrogen and oxygen atoms in total. The molecule has 0 atom stereocenters. The molecule has 0 fully saturated rings. The predicted molar refractivity (Wildman–Crippen MR) is 65.9 cm³/mol. The van der Waals surface area contributed by atoms with E-state index in [0.29, 0.717) is 12.8 Å². The number of halogens is 1. The van der Waals surface area contributed by atoms with Gasteiger partial charge in [0.1, 0.15) is 4.90 Å². The third-order valence-electron chi connectivity index (χ3n) is 2.49. The van der Waals surface area contributed by atoms with Crippen LogP contribution in [0, 0.1) is 0 Å². The van der Waals surface area contributed by atoms with E-state index in [1.807, 2.05) is 12.2 Å². The lowest BCUT2D eigenvalue weighted by Gasteiger charge is -2.11. The molecule has 0 aromatic carbocycles. The molecule has 0 spiro atoms. The summed E-state index contributed by atoms with van der Waals surface area (Å²) in [5.74, 6) is -1.74. The molecular weight excluding hydrogens is 326 g/mol. The zero-order chi connectivity index (χ0) is 13.3. The molecule has 1 aliphatic carbocycles. The summed E-state index contributed by atoms with van der Waals surface area (Å²) in [4.78, 5) is 10.5. The molecule has 8 heteroatoms. The van der Waals surface area contributed by atoms with E-state index in [4.69, 9.17) is 9.52 Å². The van der Waals surface area contributed by atoms with Crippen LogP contribution in [0.2, 0.25) is 0 Å². The number of furan rings is 1. The van der Waals surface area contributed by atoms with Gasteiger partial charge in [-0.1, -0.05) is 12.2 Å². The summed E-state index contributed by atoms with van der Waals surface area (Å²) in [5.41, 5.74) is 0. The average Bonchev–Trinajstić information content (AvgIpc) is 2.86. The number of rotatable bonds is 4. The van der Waals surface area contributed by atoms with E-state index in [1.54, 1.807) is 0 Å². The molecule has 0 radical (unpaired) electrons. The normalized spacial score (nSPS) is 16.3. The van der Waals surface area contributed by atoms with Crippen LogP contribution in [-0.2, 0) is 10.0 Å². The molecule has 1 aromatic heterocycles. The Balaban J connectivity index is 2.26. The van der Waals surface area contributed by atoms with Crippen molar-refractivity contribution in [2.75, 3.05) is 0 Å². The van der Waals surface area contributed by atoms with Crippen molar-refractivity contribution >= 4 is 31.9 Å². The van der Waals surface area contributed by atoms with Crippen LogP contribution in [0.25, 0.3) is 0 Å². The van der Waals surface area contributed by atoms with Crippen molar-refractivity contribution in [1.29, 1.82) is 0 Å². The quantitative estimate of drug-likeness (QED) is 0.817. The second-order valence-electron chi connectivity index (χ2n) is 3.81. The van der Waals surface area contributed by atoms with Gasteiger partial charge in [0.25, 0.3) is 0 Å². The molecule has 1 heterocycles. The van der Waals surface area contributed by atoms with Gasteiger partial charge in [0, 0.05) is 12.1 Å². The maximum Gasteiger partial charge on any atom is 0.371 e. The first-order valence-electron chi connectivity index (χ1n) is 5.10. The van der Waals surface area contributed by atoms with Crippen LogP contribution < -0.4 is 4.72 Å². The maximum absolute atomic E-state index is 12.0. The first-order valence-corrected chi connectivity index (χ1v) is 7.38. The molecule has 98 valence electrons. The van der Waals surface area contributed by atoms with Crippen LogP contribution >= 0.6 is 15.9 Å². The summed E-state index contributed by atoms with van der Waals surface area (Å²) in [6.45, 7) is 0. The van der Waals surface area contributed by atoms with Crippen LogP contribution in [0.4, 0.5) is 0 Å². The van der Waals surface area contributed by atoms with E-state index >= 15 is 0 Å². The topological polar surface area (TPSA) is 96.6 Å². The van der Waals surface area contributed by atoms with E-state index in [1.165, 1.54) is 0 Å². The van der Waals surface area contributed by atoms with Gasteiger partial charge in [-0.05, 0) is 28.8 Å². The van der Waals surface area contributed by atoms with Crippen molar-refractivity contribution < 1.29 is 22.7 Å². The van der Waals surface area contributed by atoms with Crippen molar-refractivity contribution in [2.24, 2.45) is 0 Å². The van der Waals surface area contributed by atoms with Gasteiger partial charge in [-0.3, -0.25) is 0 Å². The smallest absolute Gasteiger partial charge is 0.371 e. The highest BCUT2D eigenvalue weighted by molar-refractivity contribution is 9.10. The van der Waals surface area contributed by atoms with Crippen LogP contribution in [0.15, 0.2) is 32.2 Å². The number of carboxylic acid groups (broad SMARTS) is 1. The van der Waals surface area contributed by atoms with Crippen LogP contribution in [-0.4, -0.2) is 25.5 Å². The van der Waals surface area contributed by atoms with E-state index in [0.717, 1.165) is 6.07 Å². The Morgan fingerprint density at radius 2 is 2.06 bits per heavy atom. The highest BCUT2D eigenvalue weighted by Gasteiger charge is 2.27. The Kier molecular flexibility index (Phi) is 3.60. The highest BCUT2D eigenvalue weighted by atomic mass is 79.9. The number of hydrogen-bond donors (Lipinski definition) is 2. The third-order valence-corrected chi connectivity index (χ3v) is 4.86. The lowest BCUT2D eigenvalue weighted by atomic mass is 10.3. The van der Waals surface area contributed by atoms with Gasteiger partial charge in [0.2, 0.25) is 15.8 Å². The Labute approximate surface area is 112 Å². The van der Waals surface area contributed by atoms with Crippen molar-refractivity contribution in [3.05, 3.63) is 28.6 Å².